The highest BCUT2D eigenvalue weighted by molar-refractivity contribution is 14.0. The van der Waals surface area contributed by atoms with Gasteiger partial charge in [-0.1, -0.05) is 0 Å². The highest BCUT2D eigenvalue weighted by atomic mass is 127. The van der Waals surface area contributed by atoms with Crippen molar-refractivity contribution in [2.45, 2.75) is 26.2 Å². The zero-order valence-corrected chi connectivity index (χ0v) is 14.4. The SMILES string of the molecule is CCN=C(N(C)C)N1CCCC2(CNC(=O)C2)C1.I. The molecular formula is C13H25IN4O. The first-order chi connectivity index (χ1) is 8.56. The van der Waals surface area contributed by atoms with Gasteiger partial charge in [-0.15, -0.1) is 24.0 Å². The van der Waals surface area contributed by atoms with Crippen molar-refractivity contribution in [2.75, 3.05) is 40.3 Å². The molecule has 19 heavy (non-hydrogen) atoms. The number of nitrogens with zero attached hydrogens (tertiary/aromatic N) is 3. The van der Waals surface area contributed by atoms with E-state index < -0.39 is 0 Å². The average Bonchev–Trinajstić information content (AvgIpc) is 2.67. The first-order valence-electron chi connectivity index (χ1n) is 6.80. The van der Waals surface area contributed by atoms with E-state index in [4.69, 9.17) is 0 Å². The smallest absolute Gasteiger partial charge is 0.220 e. The van der Waals surface area contributed by atoms with E-state index in [1.165, 1.54) is 0 Å². The fourth-order valence-electron chi connectivity index (χ4n) is 3.08. The van der Waals surface area contributed by atoms with Crippen molar-refractivity contribution in [3.8, 4) is 0 Å². The summed E-state index contributed by atoms with van der Waals surface area (Å²) in [5.74, 6) is 1.26. The van der Waals surface area contributed by atoms with Crippen molar-refractivity contribution in [1.82, 2.24) is 15.1 Å². The maximum absolute atomic E-state index is 11.5. The molecule has 1 N–H and O–H groups in total. The van der Waals surface area contributed by atoms with Crippen molar-refractivity contribution in [1.29, 1.82) is 0 Å². The lowest BCUT2D eigenvalue weighted by molar-refractivity contribution is -0.119. The number of carbonyl (C=O) groups excluding carboxylic acids is 1. The summed E-state index contributed by atoms with van der Waals surface area (Å²) in [4.78, 5) is 20.5. The molecule has 1 spiro atoms. The largest absolute Gasteiger partial charge is 0.355 e. The molecule has 2 saturated heterocycles. The molecule has 0 aliphatic carbocycles. The van der Waals surface area contributed by atoms with Crippen LogP contribution in [0.4, 0.5) is 0 Å². The quantitative estimate of drug-likeness (QED) is 0.422. The fraction of sp³-hybridized carbons (Fsp3) is 0.846. The highest BCUT2D eigenvalue weighted by Gasteiger charge is 2.42. The molecule has 0 aromatic heterocycles. The van der Waals surface area contributed by atoms with Gasteiger partial charge >= 0.3 is 0 Å². The number of hydrogen-bond donors (Lipinski definition) is 1. The third-order valence-electron chi connectivity index (χ3n) is 3.84. The minimum Gasteiger partial charge on any atom is -0.355 e. The number of nitrogens with one attached hydrogen (secondary N) is 1. The van der Waals surface area contributed by atoms with Gasteiger partial charge in [0.2, 0.25) is 5.91 Å². The van der Waals surface area contributed by atoms with Gasteiger partial charge in [-0.2, -0.15) is 0 Å². The standard InChI is InChI=1S/C13H24N4O.HI/c1-4-14-12(16(2)3)17-7-5-6-13(10-17)8-11(18)15-9-13;/h4-10H2,1-3H3,(H,15,18);1H. The molecule has 0 radical (unpaired) electrons. The van der Waals surface area contributed by atoms with Crippen molar-refractivity contribution in [3.63, 3.8) is 0 Å². The molecule has 110 valence electrons. The second-order valence-electron chi connectivity index (χ2n) is 5.65. The van der Waals surface area contributed by atoms with Crippen LogP contribution in [-0.4, -0.2) is 61.9 Å². The summed E-state index contributed by atoms with van der Waals surface area (Å²) < 4.78 is 0. The van der Waals surface area contributed by atoms with Crippen LogP contribution in [0.5, 0.6) is 0 Å². The monoisotopic (exact) mass is 380 g/mol. The molecule has 2 heterocycles. The number of amides is 1. The Bertz CT molecular complexity index is 359. The Morgan fingerprint density at radius 2 is 2.26 bits per heavy atom. The summed E-state index contributed by atoms with van der Waals surface area (Å²) in [5, 5.41) is 2.98. The molecule has 0 saturated carbocycles. The predicted octanol–water partition coefficient (Wildman–Crippen LogP) is 1.14. The zero-order valence-electron chi connectivity index (χ0n) is 12.1. The number of carbonyl (C=O) groups is 1. The first-order valence-corrected chi connectivity index (χ1v) is 6.80. The van der Waals surface area contributed by atoms with E-state index in [2.05, 4.69) is 27.0 Å². The van der Waals surface area contributed by atoms with Crippen LogP contribution in [0, 0.1) is 5.41 Å². The molecule has 1 unspecified atom stereocenters. The zero-order chi connectivity index (χ0) is 13.2. The summed E-state index contributed by atoms with van der Waals surface area (Å²) in [6.07, 6.45) is 2.97. The van der Waals surface area contributed by atoms with E-state index in [0.717, 1.165) is 45.0 Å². The first kappa shape index (κ1) is 16.5. The van der Waals surface area contributed by atoms with Crippen LogP contribution in [0.3, 0.4) is 0 Å². The molecule has 2 aliphatic rings. The third-order valence-corrected chi connectivity index (χ3v) is 3.84. The second kappa shape index (κ2) is 6.76. The number of halogens is 1. The van der Waals surface area contributed by atoms with Crippen LogP contribution in [0.15, 0.2) is 4.99 Å². The van der Waals surface area contributed by atoms with Crippen LogP contribution >= 0.6 is 24.0 Å². The van der Waals surface area contributed by atoms with Gasteiger partial charge in [0.25, 0.3) is 0 Å². The molecule has 5 nitrogen and oxygen atoms in total. The van der Waals surface area contributed by atoms with Gasteiger partial charge in [0.05, 0.1) is 0 Å². The van der Waals surface area contributed by atoms with E-state index in [9.17, 15) is 4.79 Å². The van der Waals surface area contributed by atoms with Crippen molar-refractivity contribution >= 4 is 35.8 Å². The molecule has 2 aliphatic heterocycles. The van der Waals surface area contributed by atoms with E-state index in [-0.39, 0.29) is 35.3 Å². The highest BCUT2D eigenvalue weighted by Crippen LogP contribution is 2.36. The second-order valence-corrected chi connectivity index (χ2v) is 5.65. The maximum Gasteiger partial charge on any atom is 0.220 e. The minimum atomic E-state index is 0. The summed E-state index contributed by atoms with van der Waals surface area (Å²) in [5.41, 5.74) is 0.139. The lowest BCUT2D eigenvalue weighted by Gasteiger charge is -2.42. The Morgan fingerprint density at radius 1 is 1.53 bits per heavy atom. The maximum atomic E-state index is 11.5. The number of piperidine rings is 1. The van der Waals surface area contributed by atoms with Crippen LogP contribution in [0.25, 0.3) is 0 Å². The molecule has 0 aromatic carbocycles. The van der Waals surface area contributed by atoms with Crippen LogP contribution in [-0.2, 0) is 4.79 Å². The van der Waals surface area contributed by atoms with Crippen molar-refractivity contribution < 1.29 is 4.79 Å². The molecular weight excluding hydrogens is 355 g/mol. The number of aliphatic imine (C=N–C) groups is 1. The molecule has 1 amide bonds. The summed E-state index contributed by atoms with van der Waals surface area (Å²) in [6, 6.07) is 0. The molecule has 1 atom stereocenters. The summed E-state index contributed by atoms with van der Waals surface area (Å²) in [7, 11) is 4.07. The Kier molecular flexibility index (Phi) is 5.88. The van der Waals surface area contributed by atoms with E-state index in [1.807, 2.05) is 14.1 Å². The van der Waals surface area contributed by atoms with E-state index in [1.54, 1.807) is 0 Å². The number of guanidine groups is 1. The van der Waals surface area contributed by atoms with Gasteiger partial charge < -0.3 is 15.1 Å². The number of hydrogen-bond acceptors (Lipinski definition) is 2. The van der Waals surface area contributed by atoms with Crippen LogP contribution in [0.1, 0.15) is 26.2 Å². The van der Waals surface area contributed by atoms with Crippen molar-refractivity contribution in [3.05, 3.63) is 0 Å². The van der Waals surface area contributed by atoms with Crippen LogP contribution in [0.2, 0.25) is 0 Å². The van der Waals surface area contributed by atoms with Crippen molar-refractivity contribution in [2.24, 2.45) is 10.4 Å². The Morgan fingerprint density at radius 3 is 2.79 bits per heavy atom. The van der Waals surface area contributed by atoms with Gasteiger partial charge in [0, 0.05) is 52.1 Å². The van der Waals surface area contributed by atoms with E-state index >= 15 is 0 Å². The fourth-order valence-corrected chi connectivity index (χ4v) is 3.08. The predicted molar refractivity (Wildman–Crippen MR) is 87.9 cm³/mol. The van der Waals surface area contributed by atoms with Gasteiger partial charge in [-0.3, -0.25) is 9.79 Å². The van der Waals surface area contributed by atoms with E-state index in [0.29, 0.717) is 6.42 Å². The molecule has 0 bridgehead atoms. The summed E-state index contributed by atoms with van der Waals surface area (Å²) in [6.45, 7) is 5.68. The lowest BCUT2D eigenvalue weighted by Crippen LogP contribution is -2.51. The average molecular weight is 380 g/mol. The minimum absolute atomic E-state index is 0. The number of likely N-dealkylation sites (tertiary alicyclic amines) is 1. The van der Waals surface area contributed by atoms with Gasteiger partial charge in [0.15, 0.2) is 5.96 Å². The number of rotatable bonds is 1. The van der Waals surface area contributed by atoms with Gasteiger partial charge in [-0.05, 0) is 19.8 Å². The molecule has 2 fully saturated rings. The van der Waals surface area contributed by atoms with Gasteiger partial charge in [0.1, 0.15) is 0 Å². The molecule has 0 aromatic rings. The van der Waals surface area contributed by atoms with Gasteiger partial charge in [-0.25, -0.2) is 0 Å². The normalized spacial score (nSPS) is 27.2. The Hall–Kier alpha value is -0.530. The molecule has 6 heteroatoms. The lowest BCUT2D eigenvalue weighted by atomic mass is 9.79. The van der Waals surface area contributed by atoms with Crippen LogP contribution < -0.4 is 5.32 Å². The summed E-state index contributed by atoms with van der Waals surface area (Å²) >= 11 is 0. The Labute approximate surface area is 132 Å². The Balaban J connectivity index is 0.00000180. The molecule has 2 rings (SSSR count). The topological polar surface area (TPSA) is 47.9 Å². The third kappa shape index (κ3) is 3.73.